The molecule has 0 spiro atoms. The van der Waals surface area contributed by atoms with E-state index in [4.69, 9.17) is 0 Å². The Bertz CT molecular complexity index is 749. The van der Waals surface area contributed by atoms with E-state index in [1.54, 1.807) is 18.3 Å². The van der Waals surface area contributed by atoms with Crippen LogP contribution in [0.15, 0.2) is 30.7 Å². The van der Waals surface area contributed by atoms with Crippen molar-refractivity contribution in [2.24, 2.45) is 0 Å². The number of piperidine rings is 1. The molecule has 1 aliphatic rings. The molecular weight excluding hydrogens is 318 g/mol. The molecule has 3 heterocycles. The van der Waals surface area contributed by atoms with Crippen molar-refractivity contribution in [3.8, 4) is 0 Å². The lowest BCUT2D eigenvalue weighted by atomic mass is 9.92. The predicted octanol–water partition coefficient (Wildman–Crippen LogP) is 1.25. The van der Waals surface area contributed by atoms with Crippen LogP contribution < -0.4 is 10.2 Å². The number of pyridine rings is 1. The minimum Gasteiger partial charge on any atom is -0.386 e. The number of hydrogen-bond donors (Lipinski definition) is 2. The molecule has 1 aliphatic heterocycles. The van der Waals surface area contributed by atoms with Gasteiger partial charge in [0.25, 0.3) is 5.91 Å². The standard InChI is InChI=1S/C18H23N5O2/c1-13-4-5-15(9-19-13)17(24)20-10-18(25)6-3-7-23(11-18)16-8-14(2)21-12-22-16/h4-5,8-9,12,25H,3,6-7,10-11H2,1-2H3,(H,20,24). The van der Waals surface area contributed by atoms with Gasteiger partial charge in [-0.3, -0.25) is 9.78 Å². The van der Waals surface area contributed by atoms with Gasteiger partial charge in [0.1, 0.15) is 12.1 Å². The second-order valence-electron chi connectivity index (χ2n) is 6.64. The smallest absolute Gasteiger partial charge is 0.252 e. The molecule has 25 heavy (non-hydrogen) atoms. The summed E-state index contributed by atoms with van der Waals surface area (Å²) < 4.78 is 0. The number of β-amino-alcohol motifs (C(OH)–C–C–N with tert-alkyl or cyclic N) is 1. The van der Waals surface area contributed by atoms with Crippen LogP contribution in [0.2, 0.25) is 0 Å². The maximum absolute atomic E-state index is 12.2. The number of nitrogens with zero attached hydrogens (tertiary/aromatic N) is 4. The number of aromatic nitrogens is 3. The molecule has 7 nitrogen and oxygen atoms in total. The average Bonchev–Trinajstić information content (AvgIpc) is 2.60. The van der Waals surface area contributed by atoms with Crippen LogP contribution in [0, 0.1) is 13.8 Å². The molecule has 1 fully saturated rings. The summed E-state index contributed by atoms with van der Waals surface area (Å²) in [5, 5.41) is 13.7. The number of aliphatic hydroxyl groups is 1. The number of anilines is 1. The van der Waals surface area contributed by atoms with Gasteiger partial charge in [-0.2, -0.15) is 0 Å². The molecular formula is C18H23N5O2. The van der Waals surface area contributed by atoms with Crippen molar-refractivity contribution >= 4 is 11.7 Å². The zero-order valence-corrected chi connectivity index (χ0v) is 14.6. The van der Waals surface area contributed by atoms with Gasteiger partial charge in [-0.05, 0) is 38.8 Å². The molecule has 1 unspecified atom stereocenters. The summed E-state index contributed by atoms with van der Waals surface area (Å²) in [6.07, 6.45) is 4.55. The molecule has 3 rings (SSSR count). The summed E-state index contributed by atoms with van der Waals surface area (Å²) >= 11 is 0. The van der Waals surface area contributed by atoms with E-state index >= 15 is 0 Å². The number of nitrogens with one attached hydrogen (secondary N) is 1. The maximum Gasteiger partial charge on any atom is 0.252 e. The second-order valence-corrected chi connectivity index (χ2v) is 6.64. The quantitative estimate of drug-likeness (QED) is 0.870. The van der Waals surface area contributed by atoms with E-state index in [1.807, 2.05) is 24.8 Å². The molecule has 1 saturated heterocycles. The summed E-state index contributed by atoms with van der Waals surface area (Å²) in [7, 11) is 0. The third kappa shape index (κ3) is 4.30. The van der Waals surface area contributed by atoms with Gasteiger partial charge in [0.15, 0.2) is 0 Å². The van der Waals surface area contributed by atoms with Gasteiger partial charge in [-0.1, -0.05) is 0 Å². The van der Waals surface area contributed by atoms with Crippen molar-refractivity contribution in [3.63, 3.8) is 0 Å². The summed E-state index contributed by atoms with van der Waals surface area (Å²) in [5.74, 6) is 0.579. The molecule has 2 N–H and O–H groups in total. The molecule has 0 saturated carbocycles. The van der Waals surface area contributed by atoms with Crippen molar-refractivity contribution in [3.05, 3.63) is 47.7 Å². The van der Waals surface area contributed by atoms with E-state index in [2.05, 4.69) is 20.3 Å². The molecule has 7 heteroatoms. The zero-order chi connectivity index (χ0) is 17.9. The summed E-state index contributed by atoms with van der Waals surface area (Å²) in [5.41, 5.74) is 1.26. The van der Waals surface area contributed by atoms with Gasteiger partial charge >= 0.3 is 0 Å². The fourth-order valence-electron chi connectivity index (χ4n) is 3.01. The lowest BCUT2D eigenvalue weighted by Crippen LogP contribution is -2.54. The fourth-order valence-corrected chi connectivity index (χ4v) is 3.01. The van der Waals surface area contributed by atoms with E-state index in [-0.39, 0.29) is 12.5 Å². The van der Waals surface area contributed by atoms with Crippen LogP contribution in [0.5, 0.6) is 0 Å². The van der Waals surface area contributed by atoms with Crippen LogP contribution in [0.1, 0.15) is 34.6 Å². The van der Waals surface area contributed by atoms with Gasteiger partial charge in [0, 0.05) is 43.3 Å². The van der Waals surface area contributed by atoms with Crippen molar-refractivity contribution in [2.75, 3.05) is 24.5 Å². The van der Waals surface area contributed by atoms with Gasteiger partial charge in [-0.25, -0.2) is 9.97 Å². The lowest BCUT2D eigenvalue weighted by molar-refractivity contribution is 0.0254. The van der Waals surface area contributed by atoms with Crippen molar-refractivity contribution < 1.29 is 9.90 Å². The monoisotopic (exact) mass is 341 g/mol. The highest BCUT2D eigenvalue weighted by Crippen LogP contribution is 2.24. The SMILES string of the molecule is Cc1ccc(C(=O)NCC2(O)CCCN(c3cc(C)ncn3)C2)cn1. The van der Waals surface area contributed by atoms with Crippen LogP contribution in [-0.2, 0) is 0 Å². The Labute approximate surface area is 147 Å². The minimum atomic E-state index is -0.981. The Hall–Kier alpha value is -2.54. The topological polar surface area (TPSA) is 91.2 Å². The minimum absolute atomic E-state index is 0.195. The van der Waals surface area contributed by atoms with Crippen molar-refractivity contribution in [2.45, 2.75) is 32.3 Å². The van der Waals surface area contributed by atoms with E-state index < -0.39 is 5.60 Å². The molecule has 0 aromatic carbocycles. The van der Waals surface area contributed by atoms with E-state index in [0.29, 0.717) is 18.5 Å². The Morgan fingerprint density at radius 3 is 2.84 bits per heavy atom. The largest absolute Gasteiger partial charge is 0.386 e. The number of aryl methyl sites for hydroxylation is 2. The summed E-state index contributed by atoms with van der Waals surface area (Å²) in [6, 6.07) is 5.43. The maximum atomic E-state index is 12.2. The molecule has 2 aromatic rings. The molecule has 2 aromatic heterocycles. The number of hydrogen-bond acceptors (Lipinski definition) is 6. The Morgan fingerprint density at radius 1 is 1.28 bits per heavy atom. The van der Waals surface area contributed by atoms with Crippen LogP contribution in [0.25, 0.3) is 0 Å². The first-order chi connectivity index (χ1) is 12.0. The third-order valence-corrected chi connectivity index (χ3v) is 4.42. The van der Waals surface area contributed by atoms with Gasteiger partial charge < -0.3 is 15.3 Å². The number of rotatable bonds is 4. The molecule has 0 aliphatic carbocycles. The highest BCUT2D eigenvalue weighted by molar-refractivity contribution is 5.93. The zero-order valence-electron chi connectivity index (χ0n) is 14.6. The first-order valence-corrected chi connectivity index (χ1v) is 8.42. The molecule has 0 bridgehead atoms. The van der Waals surface area contributed by atoms with Crippen molar-refractivity contribution in [1.82, 2.24) is 20.3 Å². The second kappa shape index (κ2) is 7.14. The Morgan fingerprint density at radius 2 is 2.12 bits per heavy atom. The van der Waals surface area contributed by atoms with Crippen molar-refractivity contribution in [1.29, 1.82) is 0 Å². The van der Waals surface area contributed by atoms with E-state index in [1.165, 1.54) is 6.33 Å². The highest BCUT2D eigenvalue weighted by Gasteiger charge is 2.34. The fraction of sp³-hybridized carbons (Fsp3) is 0.444. The molecule has 1 amide bonds. The Kier molecular flexibility index (Phi) is 4.94. The summed E-state index contributed by atoms with van der Waals surface area (Å²) in [4.78, 5) is 26.8. The van der Waals surface area contributed by atoms with Crippen LogP contribution in [0.4, 0.5) is 5.82 Å². The first kappa shape index (κ1) is 17.3. The molecule has 1 atom stereocenters. The number of carbonyl (C=O) groups excluding carboxylic acids is 1. The van der Waals surface area contributed by atoms with Crippen LogP contribution >= 0.6 is 0 Å². The molecule has 132 valence electrons. The Balaban J connectivity index is 1.63. The predicted molar refractivity (Wildman–Crippen MR) is 94.5 cm³/mol. The van der Waals surface area contributed by atoms with Crippen LogP contribution in [0.3, 0.4) is 0 Å². The molecule has 0 radical (unpaired) electrons. The first-order valence-electron chi connectivity index (χ1n) is 8.42. The van der Waals surface area contributed by atoms with Gasteiger partial charge in [-0.15, -0.1) is 0 Å². The average molecular weight is 341 g/mol. The lowest BCUT2D eigenvalue weighted by Gasteiger charge is -2.39. The summed E-state index contributed by atoms with van der Waals surface area (Å²) in [6.45, 7) is 5.23. The van der Waals surface area contributed by atoms with E-state index in [9.17, 15) is 9.90 Å². The normalized spacial score (nSPS) is 20.4. The van der Waals surface area contributed by atoms with Crippen LogP contribution in [-0.4, -0.2) is 51.2 Å². The number of amides is 1. The highest BCUT2D eigenvalue weighted by atomic mass is 16.3. The van der Waals surface area contributed by atoms with Gasteiger partial charge in [0.05, 0.1) is 11.2 Å². The third-order valence-electron chi connectivity index (χ3n) is 4.42. The number of carbonyl (C=O) groups is 1. The van der Waals surface area contributed by atoms with E-state index in [0.717, 1.165) is 30.2 Å². The van der Waals surface area contributed by atoms with Gasteiger partial charge in [0.2, 0.25) is 0 Å².